The molecular weight excluding hydrogens is 252 g/mol. The highest BCUT2D eigenvalue weighted by atomic mass is 16.2. The van der Waals surface area contributed by atoms with Gasteiger partial charge in [-0.2, -0.15) is 0 Å². The molecule has 20 heavy (non-hydrogen) atoms. The predicted octanol–water partition coefficient (Wildman–Crippen LogP) is 2.67. The van der Waals surface area contributed by atoms with Crippen molar-refractivity contribution in [1.29, 1.82) is 0 Å². The quantitative estimate of drug-likeness (QED) is 0.778. The van der Waals surface area contributed by atoms with Gasteiger partial charge >= 0.3 is 0 Å². The minimum atomic E-state index is 0.0924. The number of hydrogen-bond acceptors (Lipinski definition) is 2. The van der Waals surface area contributed by atoms with Crippen LogP contribution in [0.25, 0.3) is 0 Å². The first-order chi connectivity index (χ1) is 9.42. The van der Waals surface area contributed by atoms with E-state index in [1.165, 1.54) is 0 Å². The van der Waals surface area contributed by atoms with Crippen molar-refractivity contribution in [2.75, 3.05) is 13.1 Å². The largest absolute Gasteiger partial charge is 0.343 e. The Labute approximate surface area is 123 Å². The predicted molar refractivity (Wildman–Crippen MR) is 81.3 cm³/mol. The van der Waals surface area contributed by atoms with Crippen LogP contribution >= 0.6 is 0 Å². The first-order valence-electron chi connectivity index (χ1n) is 7.99. The first-order valence-corrected chi connectivity index (χ1v) is 7.99. The van der Waals surface area contributed by atoms with Crippen LogP contribution in [0.1, 0.15) is 60.3 Å². The summed E-state index contributed by atoms with van der Waals surface area (Å²) in [7, 11) is 0. The maximum atomic E-state index is 12.6. The molecule has 1 saturated heterocycles. The molecule has 0 bridgehead atoms. The van der Waals surface area contributed by atoms with Gasteiger partial charge in [-0.15, -0.1) is 0 Å². The minimum Gasteiger partial charge on any atom is -0.343 e. The summed E-state index contributed by atoms with van der Waals surface area (Å²) in [6, 6.07) is 0.576. The number of likely N-dealkylation sites (tertiary alicyclic amines) is 1. The standard InChI is InChI=1S/C16H30N2O2/c1-6-12(3)16(20)18(13(4)7-2)15-8-10-17(11-9-15)14(5)19/h12-13,15H,6-11H2,1-5H3. The van der Waals surface area contributed by atoms with Gasteiger partial charge in [-0.05, 0) is 32.6 Å². The Morgan fingerprint density at radius 3 is 2.10 bits per heavy atom. The Morgan fingerprint density at radius 2 is 1.70 bits per heavy atom. The monoisotopic (exact) mass is 282 g/mol. The Balaban J connectivity index is 2.75. The number of nitrogens with zero attached hydrogens (tertiary/aromatic N) is 2. The zero-order valence-corrected chi connectivity index (χ0v) is 13.7. The SMILES string of the molecule is CCC(C)C(=O)N(C(C)CC)C1CCN(C(C)=O)CC1. The van der Waals surface area contributed by atoms with E-state index in [2.05, 4.69) is 25.7 Å². The third-order valence-corrected chi connectivity index (χ3v) is 4.66. The lowest BCUT2D eigenvalue weighted by Gasteiger charge is -2.42. The summed E-state index contributed by atoms with van der Waals surface area (Å²) < 4.78 is 0. The average molecular weight is 282 g/mol. The van der Waals surface area contributed by atoms with Gasteiger partial charge < -0.3 is 9.80 Å². The lowest BCUT2D eigenvalue weighted by molar-refractivity contribution is -0.142. The third-order valence-electron chi connectivity index (χ3n) is 4.66. The number of carbonyl (C=O) groups excluding carboxylic acids is 2. The highest BCUT2D eigenvalue weighted by molar-refractivity contribution is 5.79. The van der Waals surface area contributed by atoms with Crippen molar-refractivity contribution in [3.63, 3.8) is 0 Å². The number of carbonyl (C=O) groups is 2. The van der Waals surface area contributed by atoms with Crippen molar-refractivity contribution in [1.82, 2.24) is 9.80 Å². The van der Waals surface area contributed by atoms with Crippen LogP contribution in [0.5, 0.6) is 0 Å². The Bertz CT molecular complexity index is 335. The molecule has 0 aromatic rings. The van der Waals surface area contributed by atoms with Crippen LogP contribution in [0.3, 0.4) is 0 Å². The molecule has 2 unspecified atom stereocenters. The molecule has 0 saturated carbocycles. The fourth-order valence-electron chi connectivity index (χ4n) is 2.84. The molecular formula is C16H30N2O2. The van der Waals surface area contributed by atoms with E-state index in [1.54, 1.807) is 6.92 Å². The van der Waals surface area contributed by atoms with Crippen molar-refractivity contribution in [3.8, 4) is 0 Å². The molecule has 4 heteroatoms. The number of rotatable bonds is 5. The van der Waals surface area contributed by atoms with Crippen LogP contribution < -0.4 is 0 Å². The summed E-state index contributed by atoms with van der Waals surface area (Å²) in [5.41, 5.74) is 0. The lowest BCUT2D eigenvalue weighted by Crippen LogP contribution is -2.52. The molecule has 116 valence electrons. The smallest absolute Gasteiger partial charge is 0.225 e. The van der Waals surface area contributed by atoms with Gasteiger partial charge in [0.25, 0.3) is 0 Å². The van der Waals surface area contributed by atoms with Gasteiger partial charge in [0, 0.05) is 38.0 Å². The van der Waals surface area contributed by atoms with Gasteiger partial charge in [-0.3, -0.25) is 9.59 Å². The summed E-state index contributed by atoms with van der Waals surface area (Å²) in [5, 5.41) is 0. The van der Waals surface area contributed by atoms with Gasteiger partial charge in [0.15, 0.2) is 0 Å². The van der Waals surface area contributed by atoms with Crippen molar-refractivity contribution >= 4 is 11.8 Å². The molecule has 0 N–H and O–H groups in total. The summed E-state index contributed by atoms with van der Waals surface area (Å²) in [6.45, 7) is 11.5. The second-order valence-corrected chi connectivity index (χ2v) is 6.05. The normalized spacial score (nSPS) is 19.6. The molecule has 1 aliphatic heterocycles. The summed E-state index contributed by atoms with van der Waals surface area (Å²) in [5.74, 6) is 0.518. The molecule has 0 aromatic heterocycles. The number of hydrogen-bond donors (Lipinski definition) is 0. The lowest BCUT2D eigenvalue weighted by atomic mass is 9.97. The minimum absolute atomic E-state index is 0.0924. The van der Waals surface area contributed by atoms with E-state index in [4.69, 9.17) is 0 Å². The van der Waals surface area contributed by atoms with Crippen LogP contribution in [0.2, 0.25) is 0 Å². The van der Waals surface area contributed by atoms with Gasteiger partial charge in [-0.1, -0.05) is 20.8 Å². The molecule has 2 atom stereocenters. The highest BCUT2D eigenvalue weighted by Crippen LogP contribution is 2.23. The average Bonchev–Trinajstić information content (AvgIpc) is 2.46. The topological polar surface area (TPSA) is 40.6 Å². The van der Waals surface area contributed by atoms with Gasteiger partial charge in [-0.25, -0.2) is 0 Å². The van der Waals surface area contributed by atoms with E-state index in [9.17, 15) is 9.59 Å². The van der Waals surface area contributed by atoms with E-state index >= 15 is 0 Å². The van der Waals surface area contributed by atoms with E-state index in [1.807, 2.05) is 11.8 Å². The van der Waals surface area contributed by atoms with E-state index < -0.39 is 0 Å². The third kappa shape index (κ3) is 3.97. The molecule has 0 spiro atoms. The Kier molecular flexibility index (Phi) is 6.50. The van der Waals surface area contributed by atoms with Gasteiger partial charge in [0.05, 0.1) is 0 Å². The molecule has 1 fully saturated rings. The van der Waals surface area contributed by atoms with Gasteiger partial charge in [0.2, 0.25) is 11.8 Å². The Morgan fingerprint density at radius 1 is 1.15 bits per heavy atom. The van der Waals surface area contributed by atoms with Crippen LogP contribution in [0.4, 0.5) is 0 Å². The van der Waals surface area contributed by atoms with E-state index in [-0.39, 0.29) is 23.8 Å². The maximum absolute atomic E-state index is 12.6. The van der Waals surface area contributed by atoms with Crippen LogP contribution in [-0.2, 0) is 9.59 Å². The molecule has 1 heterocycles. The molecule has 1 aliphatic rings. The zero-order chi connectivity index (χ0) is 15.3. The maximum Gasteiger partial charge on any atom is 0.225 e. The first kappa shape index (κ1) is 17.0. The Hall–Kier alpha value is -1.06. The van der Waals surface area contributed by atoms with E-state index in [0.717, 1.165) is 38.8 Å². The van der Waals surface area contributed by atoms with Crippen molar-refractivity contribution in [2.24, 2.45) is 5.92 Å². The van der Waals surface area contributed by atoms with Crippen molar-refractivity contribution < 1.29 is 9.59 Å². The summed E-state index contributed by atoms with van der Waals surface area (Å²) in [4.78, 5) is 28.0. The second-order valence-electron chi connectivity index (χ2n) is 6.05. The summed E-state index contributed by atoms with van der Waals surface area (Å²) >= 11 is 0. The van der Waals surface area contributed by atoms with Crippen LogP contribution in [0, 0.1) is 5.92 Å². The molecule has 4 nitrogen and oxygen atoms in total. The molecule has 0 radical (unpaired) electrons. The number of piperidine rings is 1. The molecule has 2 amide bonds. The molecule has 0 aliphatic carbocycles. The van der Waals surface area contributed by atoms with Crippen LogP contribution in [-0.4, -0.2) is 46.8 Å². The van der Waals surface area contributed by atoms with Crippen molar-refractivity contribution in [3.05, 3.63) is 0 Å². The van der Waals surface area contributed by atoms with E-state index in [0.29, 0.717) is 6.04 Å². The second kappa shape index (κ2) is 7.65. The fraction of sp³-hybridized carbons (Fsp3) is 0.875. The summed E-state index contributed by atoms with van der Waals surface area (Å²) in [6.07, 6.45) is 3.69. The fourth-order valence-corrected chi connectivity index (χ4v) is 2.84. The molecule has 1 rings (SSSR count). The highest BCUT2D eigenvalue weighted by Gasteiger charge is 2.32. The number of amides is 2. The molecule has 0 aromatic carbocycles. The van der Waals surface area contributed by atoms with Crippen LogP contribution in [0.15, 0.2) is 0 Å². The van der Waals surface area contributed by atoms with Crippen molar-refractivity contribution in [2.45, 2.75) is 72.4 Å². The van der Waals surface area contributed by atoms with Gasteiger partial charge in [0.1, 0.15) is 0 Å². The zero-order valence-electron chi connectivity index (χ0n) is 13.7.